The summed E-state index contributed by atoms with van der Waals surface area (Å²) < 4.78 is 0. The van der Waals surface area contributed by atoms with Crippen LogP contribution in [0.3, 0.4) is 0 Å². The fraction of sp³-hybridized carbons (Fsp3) is 0.875. The van der Waals surface area contributed by atoms with E-state index >= 15 is 0 Å². The zero-order chi connectivity index (χ0) is 9.02. The maximum Gasteiger partial charge on any atom is 1.00 e. The normalized spacial score (nSPS) is 15.2. The summed E-state index contributed by atoms with van der Waals surface area (Å²) in [5.74, 6) is -0.0548. The van der Waals surface area contributed by atoms with Gasteiger partial charge in [-0.3, -0.25) is 0 Å². The molecule has 0 aliphatic carbocycles. The first-order valence-electron chi connectivity index (χ1n) is 3.81. The van der Waals surface area contributed by atoms with Gasteiger partial charge in [0.1, 0.15) is 5.78 Å². The minimum atomic E-state index is -0.671. The third-order valence-electron chi connectivity index (χ3n) is 1.60. The Morgan fingerprint density at radius 1 is 1.33 bits per heavy atom. The number of carbonyl (C=O) groups is 1. The van der Waals surface area contributed by atoms with Gasteiger partial charge in [-0.2, -0.15) is 7.05 Å². The van der Waals surface area contributed by atoms with E-state index in [1.54, 1.807) is 14.0 Å². The van der Waals surface area contributed by atoms with Crippen LogP contribution in [0.1, 0.15) is 20.8 Å². The van der Waals surface area contributed by atoms with Gasteiger partial charge in [0.05, 0.1) is 0 Å². The Morgan fingerprint density at radius 2 is 1.75 bits per heavy atom. The first-order valence-corrected chi connectivity index (χ1v) is 3.81. The second-order valence-electron chi connectivity index (χ2n) is 3.00. The number of nitrogens with zero attached hydrogens (tertiary/aromatic N) is 1. The van der Waals surface area contributed by atoms with Crippen molar-refractivity contribution < 1.29 is 61.3 Å². The Hall–Kier alpha value is 1.23. The van der Waals surface area contributed by atoms with Gasteiger partial charge in [0.2, 0.25) is 0 Å². The molecule has 0 fully saturated rings. The average Bonchev–Trinajstić information content (AvgIpc) is 1.88. The molecule has 0 heterocycles. The van der Waals surface area contributed by atoms with Crippen molar-refractivity contribution in [1.29, 1.82) is 0 Å². The zero-order valence-corrected chi connectivity index (χ0v) is 11.7. The summed E-state index contributed by atoms with van der Waals surface area (Å²) in [5, 5.41) is 12.9. The quantitative estimate of drug-likeness (QED) is 0.528. The van der Waals surface area contributed by atoms with Crippen LogP contribution in [0.5, 0.6) is 0 Å². The molecule has 0 aromatic rings. The predicted molar refractivity (Wildman–Crippen MR) is 44.6 cm³/mol. The van der Waals surface area contributed by atoms with Crippen LogP contribution in [0.15, 0.2) is 0 Å². The van der Waals surface area contributed by atoms with Crippen molar-refractivity contribution in [2.24, 2.45) is 5.92 Å². The molecule has 0 saturated heterocycles. The van der Waals surface area contributed by atoms with Crippen molar-refractivity contribution >= 4 is 5.78 Å². The van der Waals surface area contributed by atoms with Gasteiger partial charge in [0, 0.05) is 12.0 Å². The standard InChI is InChI=1S/C8H16NO2.K/c1-5(2)8(11)7(9-4)6(3)10;/h5-7,10H,1-4H3;/q-1;+1. The van der Waals surface area contributed by atoms with Gasteiger partial charge in [-0.15, -0.1) is 0 Å². The van der Waals surface area contributed by atoms with Gasteiger partial charge in [-0.1, -0.05) is 13.8 Å². The van der Waals surface area contributed by atoms with Crippen LogP contribution in [0, 0.1) is 5.92 Å². The van der Waals surface area contributed by atoms with E-state index in [4.69, 9.17) is 5.11 Å². The number of likely N-dealkylation sites (N-methyl/N-ethyl adjacent to an activating group) is 1. The summed E-state index contributed by atoms with van der Waals surface area (Å²) in [7, 11) is 1.55. The molecule has 0 aliphatic heterocycles. The minimum Gasteiger partial charge on any atom is -0.654 e. The minimum absolute atomic E-state index is 0. The van der Waals surface area contributed by atoms with Crippen LogP contribution in [0.25, 0.3) is 5.32 Å². The summed E-state index contributed by atoms with van der Waals surface area (Å²) >= 11 is 0. The predicted octanol–water partition coefficient (Wildman–Crippen LogP) is -2.03. The van der Waals surface area contributed by atoms with Gasteiger partial charge in [-0.05, 0) is 13.0 Å². The first kappa shape index (κ1) is 15.7. The van der Waals surface area contributed by atoms with Crippen LogP contribution in [-0.4, -0.2) is 30.1 Å². The molecule has 2 atom stereocenters. The van der Waals surface area contributed by atoms with Crippen LogP contribution in [-0.2, 0) is 4.79 Å². The van der Waals surface area contributed by atoms with Gasteiger partial charge < -0.3 is 15.2 Å². The number of rotatable bonds is 4. The average molecular weight is 197 g/mol. The molecular weight excluding hydrogens is 181 g/mol. The van der Waals surface area contributed by atoms with Crippen LogP contribution >= 0.6 is 0 Å². The Morgan fingerprint density at radius 3 is 1.83 bits per heavy atom. The molecular formula is C8H16KNO2. The number of carbonyl (C=O) groups excluding carboxylic acids is 1. The number of hydrogen-bond donors (Lipinski definition) is 1. The molecule has 4 heteroatoms. The van der Waals surface area contributed by atoms with Crippen molar-refractivity contribution in [3.8, 4) is 0 Å². The number of Topliss-reactive ketones (excluding diaryl/α,β-unsaturated/α-hetero) is 1. The Kier molecular flexibility index (Phi) is 9.95. The molecule has 0 aromatic heterocycles. The summed E-state index contributed by atoms with van der Waals surface area (Å²) in [6.45, 7) is 5.20. The van der Waals surface area contributed by atoms with Crippen LogP contribution in [0.4, 0.5) is 0 Å². The van der Waals surface area contributed by atoms with E-state index in [1.165, 1.54) is 0 Å². The molecule has 0 radical (unpaired) electrons. The van der Waals surface area contributed by atoms with E-state index in [0.29, 0.717) is 0 Å². The summed E-state index contributed by atoms with van der Waals surface area (Å²) in [6, 6.07) is -0.546. The molecule has 1 N–H and O–H groups in total. The number of hydrogen-bond acceptors (Lipinski definition) is 2. The Balaban J connectivity index is 0. The van der Waals surface area contributed by atoms with E-state index in [9.17, 15) is 4.79 Å². The zero-order valence-electron chi connectivity index (χ0n) is 8.53. The number of aliphatic hydroxyl groups excluding tert-OH is 1. The number of aliphatic hydroxyl groups is 1. The van der Waals surface area contributed by atoms with E-state index in [0.717, 1.165) is 0 Å². The second-order valence-corrected chi connectivity index (χ2v) is 3.00. The Labute approximate surface area is 117 Å². The first-order chi connectivity index (χ1) is 5.00. The molecule has 0 amide bonds. The molecule has 0 rings (SSSR count). The molecule has 2 unspecified atom stereocenters. The molecule has 0 aliphatic rings. The maximum atomic E-state index is 11.3. The van der Waals surface area contributed by atoms with Gasteiger partial charge in [-0.25, -0.2) is 0 Å². The molecule has 12 heavy (non-hydrogen) atoms. The topological polar surface area (TPSA) is 51.4 Å². The summed E-state index contributed by atoms with van der Waals surface area (Å²) in [5.41, 5.74) is 0. The molecule has 0 saturated carbocycles. The largest absolute Gasteiger partial charge is 1.00 e. The van der Waals surface area contributed by atoms with Gasteiger partial charge in [0.15, 0.2) is 0 Å². The van der Waals surface area contributed by atoms with E-state index in [1.807, 2.05) is 13.8 Å². The van der Waals surface area contributed by atoms with Crippen molar-refractivity contribution in [2.75, 3.05) is 7.05 Å². The van der Waals surface area contributed by atoms with E-state index in [-0.39, 0.29) is 63.1 Å². The number of ketones is 1. The van der Waals surface area contributed by atoms with Crippen LogP contribution in [0.2, 0.25) is 0 Å². The fourth-order valence-corrected chi connectivity index (χ4v) is 0.922. The van der Waals surface area contributed by atoms with Gasteiger partial charge >= 0.3 is 51.4 Å². The van der Waals surface area contributed by atoms with Gasteiger partial charge in [0.25, 0.3) is 0 Å². The van der Waals surface area contributed by atoms with Crippen molar-refractivity contribution in [2.45, 2.75) is 32.9 Å². The SMILES string of the molecule is C[N-]C(C(=O)C(C)C)C(C)O.[K+]. The Bertz CT molecular complexity index is 137. The smallest absolute Gasteiger partial charge is 0.654 e. The van der Waals surface area contributed by atoms with Crippen molar-refractivity contribution in [3.63, 3.8) is 0 Å². The summed E-state index contributed by atoms with van der Waals surface area (Å²) in [6.07, 6.45) is -0.671. The molecule has 3 nitrogen and oxygen atoms in total. The van der Waals surface area contributed by atoms with Crippen LogP contribution < -0.4 is 51.4 Å². The monoisotopic (exact) mass is 197 g/mol. The molecule has 0 aromatic carbocycles. The van der Waals surface area contributed by atoms with Crippen molar-refractivity contribution in [3.05, 3.63) is 5.32 Å². The second kappa shape index (κ2) is 7.61. The fourth-order valence-electron chi connectivity index (χ4n) is 0.922. The molecule has 0 bridgehead atoms. The van der Waals surface area contributed by atoms with E-state index < -0.39 is 12.1 Å². The molecule has 66 valence electrons. The maximum absolute atomic E-state index is 11.3. The summed E-state index contributed by atoms with van der Waals surface area (Å²) in [4.78, 5) is 11.3. The molecule has 0 spiro atoms. The third kappa shape index (κ3) is 5.06. The third-order valence-corrected chi connectivity index (χ3v) is 1.60. The van der Waals surface area contributed by atoms with E-state index in [2.05, 4.69) is 5.32 Å². The van der Waals surface area contributed by atoms with Crippen molar-refractivity contribution in [1.82, 2.24) is 0 Å².